The van der Waals surface area contributed by atoms with E-state index in [0.29, 0.717) is 11.4 Å². The molecule has 3 heterocycles. The van der Waals surface area contributed by atoms with Crippen molar-refractivity contribution in [1.82, 2.24) is 19.9 Å². The highest BCUT2D eigenvalue weighted by Gasteiger charge is 2.21. The van der Waals surface area contributed by atoms with Crippen molar-refractivity contribution >= 4 is 11.6 Å². The molecular weight excluding hydrogens is 340 g/mol. The van der Waals surface area contributed by atoms with Crippen LogP contribution in [0.5, 0.6) is 5.75 Å². The minimum Gasteiger partial charge on any atom is -0.507 e. The zero-order valence-corrected chi connectivity index (χ0v) is 15.2. The van der Waals surface area contributed by atoms with E-state index in [-0.39, 0.29) is 11.8 Å². The lowest BCUT2D eigenvalue weighted by molar-refractivity contribution is 0.477. The third-order valence-corrected chi connectivity index (χ3v) is 4.65. The Bertz CT molecular complexity index is 917. The summed E-state index contributed by atoms with van der Waals surface area (Å²) in [5.74, 6) is 2.38. The van der Waals surface area contributed by atoms with E-state index in [1.807, 2.05) is 25.1 Å². The molecule has 1 saturated heterocycles. The summed E-state index contributed by atoms with van der Waals surface area (Å²) in [6.07, 6.45) is 7.34. The highest BCUT2D eigenvalue weighted by molar-refractivity contribution is 5.65. The van der Waals surface area contributed by atoms with Gasteiger partial charge in [-0.1, -0.05) is 12.1 Å². The van der Waals surface area contributed by atoms with E-state index in [0.717, 1.165) is 43.3 Å². The first-order valence-corrected chi connectivity index (χ1v) is 9.10. The molecule has 3 aromatic rings. The molecule has 7 heteroatoms. The molecule has 1 fully saturated rings. The van der Waals surface area contributed by atoms with Crippen LogP contribution in [0.3, 0.4) is 0 Å². The fraction of sp³-hybridized carbons (Fsp3) is 0.300. The molecule has 2 aromatic heterocycles. The predicted octanol–water partition coefficient (Wildman–Crippen LogP) is 3.03. The Morgan fingerprint density at radius 3 is 2.89 bits per heavy atom. The quantitative estimate of drug-likeness (QED) is 0.737. The summed E-state index contributed by atoms with van der Waals surface area (Å²) in [4.78, 5) is 19.9. The number of piperidine rings is 1. The molecule has 0 bridgehead atoms. The molecule has 0 amide bonds. The van der Waals surface area contributed by atoms with Gasteiger partial charge in [-0.15, -0.1) is 0 Å². The lowest BCUT2D eigenvalue weighted by atomic mass is 10.1. The summed E-state index contributed by atoms with van der Waals surface area (Å²) in [6.45, 7) is 3.75. The van der Waals surface area contributed by atoms with E-state index < -0.39 is 0 Å². The first-order chi connectivity index (χ1) is 13.2. The normalized spacial score (nSPS) is 16.9. The van der Waals surface area contributed by atoms with Gasteiger partial charge >= 0.3 is 0 Å². The molecule has 1 atom stereocenters. The van der Waals surface area contributed by atoms with Crippen molar-refractivity contribution in [1.29, 1.82) is 0 Å². The van der Waals surface area contributed by atoms with Crippen LogP contribution in [-0.2, 0) is 0 Å². The van der Waals surface area contributed by atoms with Gasteiger partial charge in [0.2, 0.25) is 0 Å². The predicted molar refractivity (Wildman–Crippen MR) is 105 cm³/mol. The maximum Gasteiger partial charge on any atom is 0.165 e. The second kappa shape index (κ2) is 7.57. The van der Waals surface area contributed by atoms with Crippen LogP contribution < -0.4 is 10.2 Å². The average molecular weight is 362 g/mol. The third-order valence-electron chi connectivity index (χ3n) is 4.65. The summed E-state index contributed by atoms with van der Waals surface area (Å²) >= 11 is 0. The molecule has 7 nitrogen and oxygen atoms in total. The van der Waals surface area contributed by atoms with Crippen LogP contribution in [0, 0.1) is 6.92 Å². The highest BCUT2D eigenvalue weighted by Crippen LogP contribution is 2.27. The van der Waals surface area contributed by atoms with E-state index in [1.165, 1.54) is 0 Å². The maximum atomic E-state index is 10.1. The topological polar surface area (TPSA) is 87.1 Å². The molecule has 1 aliphatic heterocycles. The molecule has 0 radical (unpaired) electrons. The second-order valence-electron chi connectivity index (χ2n) is 6.73. The Labute approximate surface area is 158 Å². The van der Waals surface area contributed by atoms with E-state index in [9.17, 15) is 5.11 Å². The van der Waals surface area contributed by atoms with E-state index in [2.05, 4.69) is 30.2 Å². The number of anilines is 2. The number of aromatic nitrogens is 4. The van der Waals surface area contributed by atoms with E-state index >= 15 is 0 Å². The van der Waals surface area contributed by atoms with E-state index in [1.54, 1.807) is 30.7 Å². The summed E-state index contributed by atoms with van der Waals surface area (Å²) in [5.41, 5.74) is 1.49. The molecule has 0 saturated carbocycles. The van der Waals surface area contributed by atoms with Crippen LogP contribution >= 0.6 is 0 Å². The van der Waals surface area contributed by atoms with Crippen LogP contribution in [0.15, 0.2) is 48.9 Å². The number of hydrogen-bond acceptors (Lipinski definition) is 7. The molecule has 27 heavy (non-hydrogen) atoms. The van der Waals surface area contributed by atoms with Crippen LogP contribution in [0.25, 0.3) is 11.4 Å². The van der Waals surface area contributed by atoms with Gasteiger partial charge in [-0.05, 0) is 31.9 Å². The van der Waals surface area contributed by atoms with E-state index in [4.69, 9.17) is 0 Å². The Morgan fingerprint density at radius 1 is 1.19 bits per heavy atom. The number of phenolic OH excluding ortho intramolecular Hbond substituents is 1. The van der Waals surface area contributed by atoms with Gasteiger partial charge in [0.15, 0.2) is 5.82 Å². The number of phenols is 1. The van der Waals surface area contributed by atoms with Crippen LogP contribution in [0.2, 0.25) is 0 Å². The first kappa shape index (κ1) is 17.2. The molecule has 0 spiro atoms. The number of para-hydroxylation sites is 1. The van der Waals surface area contributed by atoms with Crippen molar-refractivity contribution < 1.29 is 5.11 Å². The number of aryl methyl sites for hydroxylation is 1. The minimum absolute atomic E-state index is 0.181. The molecule has 2 N–H and O–H groups in total. The number of aromatic hydroxyl groups is 1. The molecule has 1 unspecified atom stereocenters. The number of benzene rings is 1. The Hall–Kier alpha value is -3.22. The molecule has 138 valence electrons. The smallest absolute Gasteiger partial charge is 0.165 e. The summed E-state index contributed by atoms with van der Waals surface area (Å²) in [7, 11) is 0. The van der Waals surface area contributed by atoms with Gasteiger partial charge in [0.05, 0.1) is 11.8 Å². The zero-order valence-electron chi connectivity index (χ0n) is 15.2. The number of rotatable bonds is 4. The average Bonchev–Trinajstić information content (AvgIpc) is 2.69. The first-order valence-electron chi connectivity index (χ1n) is 9.10. The Kier molecular flexibility index (Phi) is 4.82. The lowest BCUT2D eigenvalue weighted by Gasteiger charge is -2.34. The van der Waals surface area contributed by atoms with Crippen molar-refractivity contribution in [3.05, 3.63) is 54.6 Å². The standard InChI is InChI=1S/C20H22N6O/c1-14-11-18(25-20(23-14)16-6-2-3-7-17(16)27)24-15-5-4-10-26(13-15)19-12-21-8-9-22-19/h2-3,6-9,11-12,15,27H,4-5,10,13H2,1H3,(H,23,24,25). The molecular formula is C20H22N6O. The fourth-order valence-corrected chi connectivity index (χ4v) is 3.39. The van der Waals surface area contributed by atoms with Gasteiger partial charge in [0.25, 0.3) is 0 Å². The van der Waals surface area contributed by atoms with Gasteiger partial charge in [-0.2, -0.15) is 0 Å². The molecule has 4 rings (SSSR count). The summed E-state index contributed by atoms with van der Waals surface area (Å²) in [6, 6.07) is 9.32. The molecule has 0 aliphatic carbocycles. The van der Waals surface area contributed by atoms with Gasteiger partial charge < -0.3 is 15.3 Å². The van der Waals surface area contributed by atoms with Crippen LogP contribution in [-0.4, -0.2) is 44.2 Å². The van der Waals surface area contributed by atoms with Crippen molar-refractivity contribution in [3.63, 3.8) is 0 Å². The number of nitrogens with zero attached hydrogens (tertiary/aromatic N) is 5. The van der Waals surface area contributed by atoms with Crippen LogP contribution in [0.4, 0.5) is 11.6 Å². The Balaban J connectivity index is 1.53. The van der Waals surface area contributed by atoms with Crippen molar-refractivity contribution in [3.8, 4) is 17.1 Å². The fourth-order valence-electron chi connectivity index (χ4n) is 3.39. The largest absolute Gasteiger partial charge is 0.507 e. The van der Waals surface area contributed by atoms with Crippen LogP contribution in [0.1, 0.15) is 18.5 Å². The minimum atomic E-state index is 0.181. The zero-order chi connectivity index (χ0) is 18.6. The molecule has 1 aromatic carbocycles. The van der Waals surface area contributed by atoms with Crippen molar-refractivity contribution in [2.24, 2.45) is 0 Å². The Morgan fingerprint density at radius 2 is 2.07 bits per heavy atom. The summed E-state index contributed by atoms with van der Waals surface area (Å²) < 4.78 is 0. The number of nitrogens with one attached hydrogen (secondary N) is 1. The highest BCUT2D eigenvalue weighted by atomic mass is 16.3. The van der Waals surface area contributed by atoms with Crippen molar-refractivity contribution in [2.75, 3.05) is 23.3 Å². The lowest BCUT2D eigenvalue weighted by Crippen LogP contribution is -2.42. The van der Waals surface area contributed by atoms with Gasteiger partial charge in [-0.25, -0.2) is 15.0 Å². The monoisotopic (exact) mass is 362 g/mol. The number of hydrogen-bond donors (Lipinski definition) is 2. The van der Waals surface area contributed by atoms with Gasteiger partial charge in [0, 0.05) is 43.3 Å². The SMILES string of the molecule is Cc1cc(NC2CCCN(c3cnccn3)C2)nc(-c2ccccc2O)n1. The van der Waals surface area contributed by atoms with Crippen molar-refractivity contribution in [2.45, 2.75) is 25.8 Å². The summed E-state index contributed by atoms with van der Waals surface area (Å²) in [5, 5.41) is 13.6. The van der Waals surface area contributed by atoms with Gasteiger partial charge in [-0.3, -0.25) is 4.98 Å². The van der Waals surface area contributed by atoms with Gasteiger partial charge in [0.1, 0.15) is 17.4 Å². The maximum absolute atomic E-state index is 10.1. The third kappa shape index (κ3) is 3.97. The molecule has 1 aliphatic rings. The second-order valence-corrected chi connectivity index (χ2v) is 6.73.